The molecule has 1 heterocycles. The van der Waals surface area contributed by atoms with Crippen LogP contribution >= 0.6 is 0 Å². The topological polar surface area (TPSA) is 57.3 Å². The van der Waals surface area contributed by atoms with Crippen LogP contribution in [0.15, 0.2) is 31.0 Å². The Kier molecular flexibility index (Phi) is 6.56. The van der Waals surface area contributed by atoms with Gasteiger partial charge in [-0.25, -0.2) is 9.78 Å². The summed E-state index contributed by atoms with van der Waals surface area (Å²) in [5, 5.41) is 5.80. The van der Waals surface area contributed by atoms with Gasteiger partial charge in [-0.2, -0.15) is 0 Å². The molecule has 0 saturated heterocycles. The van der Waals surface area contributed by atoms with Gasteiger partial charge in [0.05, 0.1) is 0 Å². The summed E-state index contributed by atoms with van der Waals surface area (Å²) in [4.78, 5) is 18.1. The van der Waals surface area contributed by atoms with Gasteiger partial charge in [-0.05, 0) is 18.9 Å². The quantitative estimate of drug-likeness (QED) is 0.751. The van der Waals surface area contributed by atoms with Crippen LogP contribution in [0.3, 0.4) is 0 Å². The molecule has 0 spiro atoms. The van der Waals surface area contributed by atoms with Crippen molar-refractivity contribution in [1.82, 2.24) is 15.6 Å². The number of amides is 2. The maximum atomic E-state index is 11.9. The van der Waals surface area contributed by atoms with E-state index in [4.69, 9.17) is 0 Å². The van der Waals surface area contributed by atoms with Gasteiger partial charge in [-0.3, -0.25) is 0 Å². The van der Waals surface area contributed by atoms with Crippen LogP contribution in [0, 0.1) is 0 Å². The van der Waals surface area contributed by atoms with Crippen LogP contribution in [0.5, 0.6) is 0 Å². The third kappa shape index (κ3) is 4.91. The van der Waals surface area contributed by atoms with Crippen molar-refractivity contribution >= 4 is 11.8 Å². The highest BCUT2D eigenvalue weighted by Gasteiger charge is 2.10. The van der Waals surface area contributed by atoms with Crippen LogP contribution < -0.4 is 15.5 Å². The lowest BCUT2D eigenvalue weighted by molar-refractivity contribution is 0.236. The van der Waals surface area contributed by atoms with E-state index in [-0.39, 0.29) is 12.1 Å². The molecule has 1 unspecified atom stereocenters. The molecule has 5 nitrogen and oxygen atoms in total. The maximum Gasteiger partial charge on any atom is 0.315 e. The molecular weight excluding hydrogens is 252 g/mol. The highest BCUT2D eigenvalue weighted by molar-refractivity contribution is 5.74. The monoisotopic (exact) mass is 276 g/mol. The smallest absolute Gasteiger partial charge is 0.315 e. The van der Waals surface area contributed by atoms with Gasteiger partial charge in [-0.15, -0.1) is 6.58 Å². The summed E-state index contributed by atoms with van der Waals surface area (Å²) in [5.41, 5.74) is 0.990. The van der Waals surface area contributed by atoms with E-state index >= 15 is 0 Å². The predicted molar refractivity (Wildman–Crippen MR) is 82.8 cm³/mol. The Bertz CT molecular complexity index is 445. The van der Waals surface area contributed by atoms with E-state index in [0.717, 1.165) is 24.2 Å². The number of anilines is 1. The molecular formula is C15H24N4O. The molecule has 2 amide bonds. The second-order valence-corrected chi connectivity index (χ2v) is 4.84. The van der Waals surface area contributed by atoms with Gasteiger partial charge in [0.25, 0.3) is 0 Å². The molecule has 1 aromatic heterocycles. The first-order chi connectivity index (χ1) is 9.58. The first kappa shape index (κ1) is 16.0. The molecule has 0 bridgehead atoms. The number of nitrogens with one attached hydrogen (secondary N) is 2. The molecule has 1 atom stereocenters. The van der Waals surface area contributed by atoms with E-state index in [9.17, 15) is 4.79 Å². The minimum atomic E-state index is -0.160. The molecule has 1 rings (SSSR count). The molecule has 20 heavy (non-hydrogen) atoms. The minimum Gasteiger partial charge on any atom is -0.362 e. The van der Waals surface area contributed by atoms with Crippen molar-refractivity contribution in [3.63, 3.8) is 0 Å². The Morgan fingerprint density at radius 3 is 2.90 bits per heavy atom. The lowest BCUT2D eigenvalue weighted by Gasteiger charge is -2.18. The fourth-order valence-corrected chi connectivity index (χ4v) is 1.91. The van der Waals surface area contributed by atoms with Gasteiger partial charge in [0.15, 0.2) is 0 Å². The van der Waals surface area contributed by atoms with E-state index in [1.54, 1.807) is 6.20 Å². The number of rotatable bonds is 7. The van der Waals surface area contributed by atoms with Crippen LogP contribution in [0.4, 0.5) is 10.6 Å². The van der Waals surface area contributed by atoms with E-state index in [1.807, 2.05) is 44.1 Å². The van der Waals surface area contributed by atoms with E-state index in [1.165, 1.54) is 0 Å². The van der Waals surface area contributed by atoms with Crippen LogP contribution in [-0.2, 0) is 6.54 Å². The summed E-state index contributed by atoms with van der Waals surface area (Å²) in [6.07, 6.45) is 5.23. The second kappa shape index (κ2) is 8.19. The first-order valence-electron chi connectivity index (χ1n) is 6.85. The average molecular weight is 276 g/mol. The fourth-order valence-electron chi connectivity index (χ4n) is 1.91. The van der Waals surface area contributed by atoms with E-state index < -0.39 is 0 Å². The van der Waals surface area contributed by atoms with Gasteiger partial charge in [0.2, 0.25) is 0 Å². The Morgan fingerprint density at radius 1 is 1.55 bits per heavy atom. The maximum absolute atomic E-state index is 11.9. The molecule has 0 aliphatic heterocycles. The van der Waals surface area contributed by atoms with Crippen LogP contribution in [0.2, 0.25) is 0 Å². The molecule has 5 heteroatoms. The zero-order valence-corrected chi connectivity index (χ0v) is 12.5. The summed E-state index contributed by atoms with van der Waals surface area (Å²) in [7, 11) is 3.87. The van der Waals surface area contributed by atoms with Crippen molar-refractivity contribution in [3.8, 4) is 0 Å². The highest BCUT2D eigenvalue weighted by Crippen LogP contribution is 2.13. The average Bonchev–Trinajstić information content (AvgIpc) is 2.44. The summed E-state index contributed by atoms with van der Waals surface area (Å²) in [6, 6.07) is 3.81. The summed E-state index contributed by atoms with van der Waals surface area (Å²) in [6.45, 7) is 6.19. The van der Waals surface area contributed by atoms with Crippen molar-refractivity contribution < 1.29 is 4.79 Å². The van der Waals surface area contributed by atoms with Gasteiger partial charge in [0.1, 0.15) is 5.82 Å². The molecule has 0 aliphatic carbocycles. The number of hydrogen-bond donors (Lipinski definition) is 2. The summed E-state index contributed by atoms with van der Waals surface area (Å²) in [5.74, 6) is 0.867. The normalized spacial score (nSPS) is 11.6. The summed E-state index contributed by atoms with van der Waals surface area (Å²) < 4.78 is 0. The lowest BCUT2D eigenvalue weighted by Crippen LogP contribution is -2.41. The molecule has 0 fully saturated rings. The van der Waals surface area contributed by atoms with Crippen molar-refractivity contribution in [2.24, 2.45) is 0 Å². The van der Waals surface area contributed by atoms with Gasteiger partial charge in [-0.1, -0.05) is 19.1 Å². The van der Waals surface area contributed by atoms with Gasteiger partial charge < -0.3 is 15.5 Å². The molecule has 0 aliphatic rings. The van der Waals surface area contributed by atoms with Crippen molar-refractivity contribution in [1.29, 1.82) is 0 Å². The molecule has 0 aromatic carbocycles. The van der Waals surface area contributed by atoms with Crippen LogP contribution in [-0.4, -0.2) is 31.2 Å². The Hall–Kier alpha value is -2.04. The molecule has 0 saturated carbocycles. The Morgan fingerprint density at radius 2 is 2.30 bits per heavy atom. The number of pyridine rings is 1. The predicted octanol–water partition coefficient (Wildman–Crippen LogP) is 2.30. The van der Waals surface area contributed by atoms with Crippen molar-refractivity contribution in [2.75, 3.05) is 19.0 Å². The summed E-state index contributed by atoms with van der Waals surface area (Å²) >= 11 is 0. The standard InChI is InChI=1S/C15H24N4O/c1-5-8-13(6-2)18-15(20)17-11-12-9-7-10-16-14(12)19(3)4/h5,7,9-10,13H,1,6,8,11H2,2-4H3,(H2,17,18,20). The second-order valence-electron chi connectivity index (χ2n) is 4.84. The zero-order chi connectivity index (χ0) is 15.0. The minimum absolute atomic E-state index is 0.134. The third-order valence-electron chi connectivity index (χ3n) is 3.01. The number of carbonyl (C=O) groups excluding carboxylic acids is 1. The highest BCUT2D eigenvalue weighted by atomic mass is 16.2. The number of urea groups is 1. The van der Waals surface area contributed by atoms with Crippen molar-refractivity contribution in [2.45, 2.75) is 32.4 Å². The fraction of sp³-hybridized carbons (Fsp3) is 0.467. The first-order valence-corrected chi connectivity index (χ1v) is 6.85. The van der Waals surface area contributed by atoms with E-state index in [0.29, 0.717) is 6.54 Å². The van der Waals surface area contributed by atoms with E-state index in [2.05, 4.69) is 22.2 Å². The number of carbonyl (C=O) groups is 1. The Balaban J connectivity index is 2.54. The lowest BCUT2D eigenvalue weighted by atomic mass is 10.1. The molecule has 110 valence electrons. The van der Waals surface area contributed by atoms with Crippen LogP contribution in [0.1, 0.15) is 25.3 Å². The largest absolute Gasteiger partial charge is 0.362 e. The Labute approximate surface area is 121 Å². The number of hydrogen-bond acceptors (Lipinski definition) is 3. The van der Waals surface area contributed by atoms with Gasteiger partial charge in [0, 0.05) is 38.4 Å². The van der Waals surface area contributed by atoms with Crippen molar-refractivity contribution in [3.05, 3.63) is 36.5 Å². The third-order valence-corrected chi connectivity index (χ3v) is 3.01. The zero-order valence-electron chi connectivity index (χ0n) is 12.5. The van der Waals surface area contributed by atoms with Gasteiger partial charge >= 0.3 is 6.03 Å². The molecule has 0 radical (unpaired) electrons. The number of aromatic nitrogens is 1. The number of nitrogens with zero attached hydrogens (tertiary/aromatic N) is 2. The molecule has 1 aromatic rings. The van der Waals surface area contributed by atoms with Crippen LogP contribution in [0.25, 0.3) is 0 Å². The SMILES string of the molecule is C=CCC(CC)NC(=O)NCc1cccnc1N(C)C. The molecule has 2 N–H and O–H groups in total.